The summed E-state index contributed by atoms with van der Waals surface area (Å²) in [5, 5.41) is 3.51. The van der Waals surface area contributed by atoms with Crippen LogP contribution in [-0.2, 0) is 17.8 Å². The number of carbonyl (C=O) groups excluding carboxylic acids is 1. The maximum atomic E-state index is 12.4. The zero-order valence-corrected chi connectivity index (χ0v) is 22.7. The van der Waals surface area contributed by atoms with Crippen LogP contribution in [0.2, 0.25) is 0 Å². The van der Waals surface area contributed by atoms with E-state index in [-0.39, 0.29) is 36.1 Å². The van der Waals surface area contributed by atoms with Crippen molar-refractivity contribution >= 4 is 36.0 Å². The quantitative estimate of drug-likeness (QED) is 0.562. The number of fused-ring (bicyclic) bond motifs is 1. The van der Waals surface area contributed by atoms with E-state index in [2.05, 4.69) is 51.3 Å². The molecule has 9 heteroatoms. The standard InChI is InChI=1S/C24H38N6O2.HI/c1-24(2,3)32-23(31)29-13-14-30-21(18-29)16-26-22(30)25-15-19-5-7-20(8-6-19)17-28-11-9-27(4)10-12-28;/h5-8,21H,9-18H2,1-4H3,(H,25,26);1H. The van der Waals surface area contributed by atoms with Crippen molar-refractivity contribution in [1.82, 2.24) is 24.9 Å². The van der Waals surface area contributed by atoms with E-state index in [1.165, 1.54) is 11.1 Å². The number of likely N-dealkylation sites (N-methyl/N-ethyl adjacent to an activating group) is 1. The number of rotatable bonds is 4. The number of amides is 1. The van der Waals surface area contributed by atoms with Gasteiger partial charge in [0.15, 0.2) is 5.96 Å². The largest absolute Gasteiger partial charge is 0.444 e. The molecule has 33 heavy (non-hydrogen) atoms. The minimum atomic E-state index is -0.465. The van der Waals surface area contributed by atoms with Crippen LogP contribution in [0.5, 0.6) is 0 Å². The Balaban J connectivity index is 0.00000306. The number of halogens is 1. The molecule has 1 amide bonds. The maximum absolute atomic E-state index is 12.4. The number of hydrogen-bond acceptors (Lipinski definition) is 7. The summed E-state index contributed by atoms with van der Waals surface area (Å²) in [5.41, 5.74) is 2.16. The molecule has 1 unspecified atom stereocenters. The average Bonchev–Trinajstić information content (AvgIpc) is 3.16. The lowest BCUT2D eigenvalue weighted by molar-refractivity contribution is 0.0137. The van der Waals surface area contributed by atoms with E-state index in [1.807, 2.05) is 25.7 Å². The van der Waals surface area contributed by atoms with Crippen LogP contribution in [0.25, 0.3) is 0 Å². The fourth-order valence-corrected chi connectivity index (χ4v) is 4.43. The number of nitrogens with one attached hydrogen (secondary N) is 1. The average molecular weight is 571 g/mol. The highest BCUT2D eigenvalue weighted by Gasteiger charge is 2.36. The number of guanidine groups is 1. The molecule has 0 bridgehead atoms. The van der Waals surface area contributed by atoms with Gasteiger partial charge >= 0.3 is 6.09 Å². The van der Waals surface area contributed by atoms with Crippen molar-refractivity contribution in [3.05, 3.63) is 35.4 Å². The molecule has 0 spiro atoms. The van der Waals surface area contributed by atoms with Crippen LogP contribution in [0.4, 0.5) is 4.79 Å². The van der Waals surface area contributed by atoms with Gasteiger partial charge in [0.2, 0.25) is 0 Å². The first kappa shape index (κ1) is 26.0. The van der Waals surface area contributed by atoms with E-state index in [1.54, 1.807) is 0 Å². The molecule has 1 aromatic carbocycles. The third-order valence-electron chi connectivity index (χ3n) is 6.33. The Morgan fingerprint density at radius 3 is 2.39 bits per heavy atom. The topological polar surface area (TPSA) is 63.6 Å². The Bertz CT molecular complexity index is 817. The van der Waals surface area contributed by atoms with Gasteiger partial charge in [-0.1, -0.05) is 24.3 Å². The van der Waals surface area contributed by atoms with Gasteiger partial charge in [0.05, 0.1) is 12.6 Å². The first-order chi connectivity index (χ1) is 15.3. The van der Waals surface area contributed by atoms with E-state index >= 15 is 0 Å². The highest BCUT2D eigenvalue weighted by Crippen LogP contribution is 2.19. The number of aliphatic imine (C=N–C) groups is 1. The minimum absolute atomic E-state index is 0. The summed E-state index contributed by atoms with van der Waals surface area (Å²) in [6.45, 7) is 14.9. The van der Waals surface area contributed by atoms with Gasteiger partial charge in [0.25, 0.3) is 0 Å². The molecule has 3 heterocycles. The van der Waals surface area contributed by atoms with Crippen LogP contribution in [0.3, 0.4) is 0 Å². The molecular formula is C24H39IN6O2. The van der Waals surface area contributed by atoms with E-state index < -0.39 is 5.60 Å². The molecular weight excluding hydrogens is 531 g/mol. The monoisotopic (exact) mass is 570 g/mol. The molecule has 1 aromatic rings. The zero-order chi connectivity index (χ0) is 22.7. The Hall–Kier alpha value is -1.59. The van der Waals surface area contributed by atoms with Gasteiger partial charge in [-0.25, -0.2) is 4.79 Å². The van der Waals surface area contributed by atoms with Crippen LogP contribution >= 0.6 is 24.0 Å². The van der Waals surface area contributed by atoms with E-state index in [0.717, 1.165) is 51.8 Å². The van der Waals surface area contributed by atoms with Crippen LogP contribution in [0.1, 0.15) is 31.9 Å². The first-order valence-electron chi connectivity index (χ1n) is 11.8. The Kier molecular flexibility index (Phi) is 8.85. The summed E-state index contributed by atoms with van der Waals surface area (Å²) < 4.78 is 5.53. The van der Waals surface area contributed by atoms with Crippen LogP contribution in [-0.4, -0.2) is 103 Å². The minimum Gasteiger partial charge on any atom is -0.444 e. The summed E-state index contributed by atoms with van der Waals surface area (Å²) in [7, 11) is 2.19. The molecule has 1 atom stereocenters. The van der Waals surface area contributed by atoms with E-state index in [9.17, 15) is 4.79 Å². The first-order valence-corrected chi connectivity index (χ1v) is 11.8. The van der Waals surface area contributed by atoms with Gasteiger partial charge in [0.1, 0.15) is 5.60 Å². The molecule has 4 rings (SSSR count). The third kappa shape index (κ3) is 7.19. The van der Waals surface area contributed by atoms with Crippen molar-refractivity contribution in [1.29, 1.82) is 0 Å². The van der Waals surface area contributed by atoms with Crippen molar-refractivity contribution in [2.24, 2.45) is 4.99 Å². The molecule has 0 aliphatic carbocycles. The van der Waals surface area contributed by atoms with Crippen LogP contribution in [0, 0.1) is 0 Å². The van der Waals surface area contributed by atoms with Crippen molar-refractivity contribution in [2.45, 2.75) is 45.5 Å². The SMILES string of the molecule is CN1CCN(Cc2ccc(CNC3=NCC4CN(C(=O)OC(C)(C)C)CCN34)cc2)CC1.I. The zero-order valence-electron chi connectivity index (χ0n) is 20.4. The van der Waals surface area contributed by atoms with Crippen LogP contribution in [0.15, 0.2) is 29.3 Å². The normalized spacial score (nSPS) is 21.8. The van der Waals surface area contributed by atoms with Crippen molar-refractivity contribution < 1.29 is 9.53 Å². The van der Waals surface area contributed by atoms with E-state index in [0.29, 0.717) is 19.6 Å². The Morgan fingerprint density at radius 1 is 1.06 bits per heavy atom. The second-order valence-corrected chi connectivity index (χ2v) is 10.2. The lowest BCUT2D eigenvalue weighted by Gasteiger charge is -2.39. The molecule has 0 aromatic heterocycles. The molecule has 0 saturated carbocycles. The summed E-state index contributed by atoms with van der Waals surface area (Å²) in [6, 6.07) is 9.14. The molecule has 0 radical (unpaired) electrons. The van der Waals surface area contributed by atoms with Crippen molar-refractivity contribution in [3.8, 4) is 0 Å². The van der Waals surface area contributed by atoms with Gasteiger partial charge in [-0.05, 0) is 38.9 Å². The van der Waals surface area contributed by atoms with Crippen molar-refractivity contribution in [3.63, 3.8) is 0 Å². The fourth-order valence-electron chi connectivity index (χ4n) is 4.43. The molecule has 184 valence electrons. The molecule has 2 saturated heterocycles. The lowest BCUT2D eigenvalue weighted by Crippen LogP contribution is -2.57. The summed E-state index contributed by atoms with van der Waals surface area (Å²) in [6.07, 6.45) is -0.227. The number of ether oxygens (including phenoxy) is 1. The fraction of sp³-hybridized carbons (Fsp3) is 0.667. The second-order valence-electron chi connectivity index (χ2n) is 10.2. The third-order valence-corrected chi connectivity index (χ3v) is 6.33. The van der Waals surface area contributed by atoms with Gasteiger partial charge in [-0.3, -0.25) is 9.89 Å². The van der Waals surface area contributed by atoms with Gasteiger partial charge in [0, 0.05) is 58.9 Å². The second kappa shape index (κ2) is 11.2. The van der Waals surface area contributed by atoms with E-state index in [4.69, 9.17) is 9.73 Å². The molecule has 1 N–H and O–H groups in total. The summed E-state index contributed by atoms with van der Waals surface area (Å²) in [4.78, 5) is 26.1. The molecule has 3 aliphatic rings. The highest BCUT2D eigenvalue weighted by atomic mass is 127. The van der Waals surface area contributed by atoms with Gasteiger partial charge in [-0.15, -0.1) is 24.0 Å². The number of piperazine rings is 2. The number of carbonyl (C=O) groups is 1. The number of nitrogens with zero attached hydrogens (tertiary/aromatic N) is 5. The maximum Gasteiger partial charge on any atom is 0.410 e. The Morgan fingerprint density at radius 2 is 1.73 bits per heavy atom. The molecule has 8 nitrogen and oxygen atoms in total. The summed E-state index contributed by atoms with van der Waals surface area (Å²) >= 11 is 0. The van der Waals surface area contributed by atoms with Crippen LogP contribution < -0.4 is 5.32 Å². The summed E-state index contributed by atoms with van der Waals surface area (Å²) in [5.74, 6) is 0.945. The Labute approximate surface area is 215 Å². The highest BCUT2D eigenvalue weighted by molar-refractivity contribution is 14.0. The lowest BCUT2D eigenvalue weighted by atomic mass is 10.1. The number of hydrogen-bond donors (Lipinski definition) is 1. The predicted octanol–water partition coefficient (Wildman–Crippen LogP) is 2.43. The number of benzene rings is 1. The van der Waals surface area contributed by atoms with Gasteiger partial charge in [-0.2, -0.15) is 0 Å². The molecule has 3 aliphatic heterocycles. The molecule has 2 fully saturated rings. The van der Waals surface area contributed by atoms with Gasteiger partial charge < -0.3 is 24.8 Å². The van der Waals surface area contributed by atoms with Crippen molar-refractivity contribution in [2.75, 3.05) is 59.4 Å². The smallest absolute Gasteiger partial charge is 0.410 e. The predicted molar refractivity (Wildman–Crippen MR) is 142 cm³/mol.